The Morgan fingerprint density at radius 2 is 2.26 bits per heavy atom. The Bertz CT molecular complexity index is 454. The summed E-state index contributed by atoms with van der Waals surface area (Å²) in [7, 11) is 1.68. The van der Waals surface area contributed by atoms with Crippen molar-refractivity contribution in [1.82, 2.24) is 5.32 Å². The number of amides is 1. The Labute approximate surface area is 114 Å². The summed E-state index contributed by atoms with van der Waals surface area (Å²) in [5.41, 5.74) is 2.25. The van der Waals surface area contributed by atoms with Gasteiger partial charge >= 0.3 is 0 Å². The molecule has 1 aromatic rings. The molecule has 1 aliphatic carbocycles. The lowest BCUT2D eigenvalue weighted by Crippen LogP contribution is -2.24. The van der Waals surface area contributed by atoms with Crippen molar-refractivity contribution in [2.75, 3.05) is 7.11 Å². The average Bonchev–Trinajstić information content (AvgIpc) is 2.90. The molecular weight excluding hydrogens is 238 g/mol. The number of hydrogen-bond acceptors (Lipinski definition) is 2. The van der Waals surface area contributed by atoms with E-state index in [1.165, 1.54) is 0 Å². The molecule has 1 atom stereocenters. The minimum atomic E-state index is 0.133. The molecule has 0 aromatic heterocycles. The van der Waals surface area contributed by atoms with Crippen LogP contribution in [0.3, 0.4) is 0 Å². The first-order valence-corrected chi connectivity index (χ1v) is 6.78. The summed E-state index contributed by atoms with van der Waals surface area (Å²) in [5.74, 6) is 0.563. The summed E-state index contributed by atoms with van der Waals surface area (Å²) in [6.45, 7) is 1.20. The average molecular weight is 259 g/mol. The quantitative estimate of drug-likeness (QED) is 0.798. The van der Waals surface area contributed by atoms with Crippen molar-refractivity contribution in [3.63, 3.8) is 0 Å². The summed E-state index contributed by atoms with van der Waals surface area (Å²) in [6, 6.07) is 8.11. The Kier molecular flexibility index (Phi) is 5.16. The van der Waals surface area contributed by atoms with Crippen LogP contribution >= 0.6 is 0 Å². The van der Waals surface area contributed by atoms with Crippen molar-refractivity contribution >= 4 is 5.91 Å². The van der Waals surface area contributed by atoms with Crippen LogP contribution in [-0.2, 0) is 22.7 Å². The van der Waals surface area contributed by atoms with Gasteiger partial charge in [0, 0.05) is 20.1 Å². The monoisotopic (exact) mass is 259 g/mol. The Morgan fingerprint density at radius 3 is 3.00 bits per heavy atom. The third-order valence-corrected chi connectivity index (χ3v) is 3.35. The number of carbonyl (C=O) groups excluding carboxylic acids is 1. The second kappa shape index (κ2) is 7.10. The summed E-state index contributed by atoms with van der Waals surface area (Å²) in [6.07, 6.45) is 7.13. The molecular formula is C16H21NO2. The largest absolute Gasteiger partial charge is 0.380 e. The van der Waals surface area contributed by atoms with Crippen LogP contribution in [0.1, 0.15) is 30.4 Å². The van der Waals surface area contributed by atoms with E-state index in [4.69, 9.17) is 4.74 Å². The molecule has 0 fully saturated rings. The number of methoxy groups -OCH3 is 1. The van der Waals surface area contributed by atoms with E-state index >= 15 is 0 Å². The van der Waals surface area contributed by atoms with E-state index in [2.05, 4.69) is 23.5 Å². The van der Waals surface area contributed by atoms with Gasteiger partial charge in [0.1, 0.15) is 0 Å². The SMILES string of the molecule is COCc1cccc(CNC(=O)C[C@H]2C=CCC2)c1. The molecule has 0 saturated heterocycles. The summed E-state index contributed by atoms with van der Waals surface area (Å²) in [5, 5.41) is 2.98. The Balaban J connectivity index is 1.79. The van der Waals surface area contributed by atoms with E-state index in [0.717, 1.165) is 24.0 Å². The third kappa shape index (κ3) is 4.52. The van der Waals surface area contributed by atoms with E-state index < -0.39 is 0 Å². The smallest absolute Gasteiger partial charge is 0.220 e. The maximum atomic E-state index is 11.8. The van der Waals surface area contributed by atoms with Crippen molar-refractivity contribution in [2.24, 2.45) is 5.92 Å². The van der Waals surface area contributed by atoms with Crippen molar-refractivity contribution in [3.8, 4) is 0 Å². The lowest BCUT2D eigenvalue weighted by atomic mass is 10.0. The van der Waals surface area contributed by atoms with Crippen LogP contribution in [-0.4, -0.2) is 13.0 Å². The number of hydrogen-bond donors (Lipinski definition) is 1. The summed E-state index contributed by atoms with van der Waals surface area (Å²) < 4.78 is 5.10. The molecule has 0 radical (unpaired) electrons. The molecule has 1 N–H and O–H groups in total. The van der Waals surface area contributed by atoms with Crippen LogP contribution in [0.5, 0.6) is 0 Å². The maximum absolute atomic E-state index is 11.8. The van der Waals surface area contributed by atoms with E-state index in [9.17, 15) is 4.79 Å². The highest BCUT2D eigenvalue weighted by Crippen LogP contribution is 2.20. The first-order chi connectivity index (χ1) is 9.28. The van der Waals surface area contributed by atoms with Crippen molar-refractivity contribution < 1.29 is 9.53 Å². The minimum Gasteiger partial charge on any atom is -0.380 e. The van der Waals surface area contributed by atoms with Crippen LogP contribution in [0.4, 0.5) is 0 Å². The molecule has 0 heterocycles. The molecule has 0 unspecified atom stereocenters. The number of rotatable bonds is 6. The summed E-state index contributed by atoms with van der Waals surface area (Å²) >= 11 is 0. The van der Waals surface area contributed by atoms with E-state index in [0.29, 0.717) is 25.5 Å². The van der Waals surface area contributed by atoms with Gasteiger partial charge in [-0.05, 0) is 29.9 Å². The molecule has 3 nitrogen and oxygen atoms in total. The Hall–Kier alpha value is -1.61. The molecule has 19 heavy (non-hydrogen) atoms. The second-order valence-corrected chi connectivity index (χ2v) is 5.00. The van der Waals surface area contributed by atoms with Crippen molar-refractivity contribution in [1.29, 1.82) is 0 Å². The molecule has 1 amide bonds. The number of benzene rings is 1. The molecule has 1 aromatic carbocycles. The van der Waals surface area contributed by atoms with Crippen LogP contribution in [0.25, 0.3) is 0 Å². The fourth-order valence-electron chi connectivity index (χ4n) is 2.37. The minimum absolute atomic E-state index is 0.133. The lowest BCUT2D eigenvalue weighted by Gasteiger charge is -2.09. The molecule has 0 spiro atoms. The van der Waals surface area contributed by atoms with Gasteiger partial charge in [0.15, 0.2) is 0 Å². The zero-order valence-corrected chi connectivity index (χ0v) is 11.4. The maximum Gasteiger partial charge on any atom is 0.220 e. The molecule has 0 saturated carbocycles. The van der Waals surface area contributed by atoms with Crippen molar-refractivity contribution in [2.45, 2.75) is 32.4 Å². The predicted molar refractivity (Wildman–Crippen MR) is 75.5 cm³/mol. The van der Waals surface area contributed by atoms with Gasteiger partial charge in [-0.15, -0.1) is 0 Å². The molecule has 1 aliphatic rings. The van der Waals surface area contributed by atoms with Crippen LogP contribution in [0.2, 0.25) is 0 Å². The fraction of sp³-hybridized carbons (Fsp3) is 0.438. The van der Waals surface area contributed by atoms with Gasteiger partial charge in [0.05, 0.1) is 6.61 Å². The van der Waals surface area contributed by atoms with Crippen molar-refractivity contribution in [3.05, 3.63) is 47.5 Å². The van der Waals surface area contributed by atoms with Gasteiger partial charge in [0.25, 0.3) is 0 Å². The normalized spacial score (nSPS) is 17.6. The van der Waals surface area contributed by atoms with Gasteiger partial charge in [-0.2, -0.15) is 0 Å². The molecule has 0 aliphatic heterocycles. The number of allylic oxidation sites excluding steroid dienone is 2. The number of nitrogens with one attached hydrogen (secondary N) is 1. The van der Waals surface area contributed by atoms with Crippen LogP contribution < -0.4 is 5.32 Å². The standard InChI is InChI=1S/C16H21NO2/c1-19-12-15-8-4-7-14(9-15)11-17-16(18)10-13-5-2-3-6-13/h2,4-5,7-9,13H,3,6,10-12H2,1H3,(H,17,18)/t13-/m0/s1. The predicted octanol–water partition coefficient (Wildman–Crippen LogP) is 2.81. The van der Waals surface area contributed by atoms with E-state index in [1.807, 2.05) is 18.2 Å². The molecule has 2 rings (SSSR count). The van der Waals surface area contributed by atoms with Gasteiger partial charge in [-0.25, -0.2) is 0 Å². The van der Waals surface area contributed by atoms with E-state index in [1.54, 1.807) is 7.11 Å². The highest BCUT2D eigenvalue weighted by molar-refractivity contribution is 5.76. The molecule has 102 valence electrons. The van der Waals surface area contributed by atoms with Gasteiger partial charge < -0.3 is 10.1 Å². The second-order valence-electron chi connectivity index (χ2n) is 5.00. The van der Waals surface area contributed by atoms with Gasteiger partial charge in [-0.1, -0.05) is 36.4 Å². The first-order valence-electron chi connectivity index (χ1n) is 6.78. The molecule has 3 heteroatoms. The van der Waals surface area contributed by atoms with E-state index in [-0.39, 0.29) is 5.91 Å². The molecule has 0 bridgehead atoms. The lowest BCUT2D eigenvalue weighted by molar-refractivity contribution is -0.121. The third-order valence-electron chi connectivity index (χ3n) is 3.35. The summed E-state index contributed by atoms with van der Waals surface area (Å²) in [4.78, 5) is 11.8. The highest BCUT2D eigenvalue weighted by atomic mass is 16.5. The zero-order valence-electron chi connectivity index (χ0n) is 11.4. The topological polar surface area (TPSA) is 38.3 Å². The zero-order chi connectivity index (χ0) is 13.5. The number of ether oxygens (including phenoxy) is 1. The van der Waals surface area contributed by atoms with Gasteiger partial charge in [-0.3, -0.25) is 4.79 Å². The van der Waals surface area contributed by atoms with Crippen LogP contribution in [0, 0.1) is 5.92 Å². The first kappa shape index (κ1) is 13.8. The fourth-order valence-corrected chi connectivity index (χ4v) is 2.37. The Morgan fingerprint density at radius 1 is 1.42 bits per heavy atom. The van der Waals surface area contributed by atoms with Gasteiger partial charge in [0.2, 0.25) is 5.91 Å². The highest BCUT2D eigenvalue weighted by Gasteiger charge is 2.13. The number of carbonyl (C=O) groups is 1. The van der Waals surface area contributed by atoms with Crippen LogP contribution in [0.15, 0.2) is 36.4 Å².